The van der Waals surface area contributed by atoms with Crippen molar-refractivity contribution in [2.45, 2.75) is 12.3 Å². The van der Waals surface area contributed by atoms with Crippen molar-refractivity contribution in [1.29, 1.82) is 5.26 Å². The first kappa shape index (κ1) is 12.5. The highest BCUT2D eigenvalue weighted by Crippen LogP contribution is 2.28. The SMILES string of the molecule is CCOC(=O)c1cc2c(C(Cl)C#N)cccc2[nH]1. The number of carbonyl (C=O) groups excluding carboxylic acids is 1. The molecule has 1 aromatic heterocycles. The van der Waals surface area contributed by atoms with E-state index in [9.17, 15) is 4.79 Å². The average molecular weight is 263 g/mol. The molecule has 5 heteroatoms. The second-order valence-electron chi connectivity index (χ2n) is 3.70. The van der Waals surface area contributed by atoms with Gasteiger partial charge in [-0.2, -0.15) is 5.26 Å². The number of H-pyrrole nitrogens is 1. The Morgan fingerprint density at radius 3 is 3.06 bits per heavy atom. The number of aromatic nitrogens is 1. The molecule has 0 aliphatic heterocycles. The van der Waals surface area contributed by atoms with Gasteiger partial charge in [0.1, 0.15) is 11.1 Å². The fourth-order valence-electron chi connectivity index (χ4n) is 1.79. The molecule has 2 aromatic rings. The third kappa shape index (κ3) is 2.18. The monoisotopic (exact) mass is 262 g/mol. The summed E-state index contributed by atoms with van der Waals surface area (Å²) in [6, 6.07) is 9.01. The highest BCUT2D eigenvalue weighted by Gasteiger charge is 2.15. The summed E-state index contributed by atoms with van der Waals surface area (Å²) in [4.78, 5) is 14.6. The molecule has 0 amide bonds. The van der Waals surface area contributed by atoms with Crippen LogP contribution >= 0.6 is 11.6 Å². The molecule has 0 radical (unpaired) electrons. The van der Waals surface area contributed by atoms with Gasteiger partial charge in [-0.05, 0) is 24.6 Å². The van der Waals surface area contributed by atoms with Gasteiger partial charge in [-0.25, -0.2) is 4.79 Å². The summed E-state index contributed by atoms with van der Waals surface area (Å²) in [5, 5.41) is 8.89. The molecule has 1 aromatic carbocycles. The smallest absolute Gasteiger partial charge is 0.354 e. The minimum Gasteiger partial charge on any atom is -0.461 e. The van der Waals surface area contributed by atoms with Crippen molar-refractivity contribution in [3.63, 3.8) is 0 Å². The Balaban J connectivity index is 2.51. The number of fused-ring (bicyclic) bond motifs is 1. The molecule has 2 rings (SSSR count). The molecule has 0 aliphatic carbocycles. The molecule has 1 heterocycles. The van der Waals surface area contributed by atoms with Crippen LogP contribution in [0.15, 0.2) is 24.3 Å². The van der Waals surface area contributed by atoms with Gasteiger partial charge in [0.25, 0.3) is 0 Å². The lowest BCUT2D eigenvalue weighted by Crippen LogP contribution is -2.04. The van der Waals surface area contributed by atoms with Crippen molar-refractivity contribution in [3.8, 4) is 6.07 Å². The van der Waals surface area contributed by atoms with Gasteiger partial charge in [0.05, 0.1) is 12.7 Å². The fourth-order valence-corrected chi connectivity index (χ4v) is 1.98. The minimum absolute atomic E-state index is 0.317. The molecule has 1 N–H and O–H groups in total. The first-order valence-electron chi connectivity index (χ1n) is 5.49. The molecular weight excluding hydrogens is 252 g/mol. The Morgan fingerprint density at radius 2 is 2.39 bits per heavy atom. The molecule has 1 unspecified atom stereocenters. The van der Waals surface area contributed by atoms with E-state index in [1.165, 1.54) is 0 Å². The standard InChI is InChI=1S/C13H11ClN2O2/c1-2-18-13(17)12-6-9-8(10(14)7-15)4-3-5-11(9)16-12/h3-6,10,16H,2H2,1H3. The van der Waals surface area contributed by atoms with Crippen LogP contribution in [0, 0.1) is 11.3 Å². The topological polar surface area (TPSA) is 65.9 Å². The molecule has 0 bridgehead atoms. The number of halogens is 1. The number of hydrogen-bond donors (Lipinski definition) is 1. The van der Waals surface area contributed by atoms with E-state index in [0.29, 0.717) is 17.9 Å². The predicted octanol–water partition coefficient (Wildman–Crippen LogP) is 3.15. The molecule has 4 nitrogen and oxygen atoms in total. The third-order valence-electron chi connectivity index (χ3n) is 2.58. The lowest BCUT2D eigenvalue weighted by molar-refractivity contribution is 0.0520. The predicted molar refractivity (Wildman–Crippen MR) is 68.5 cm³/mol. The van der Waals surface area contributed by atoms with E-state index in [4.69, 9.17) is 21.6 Å². The van der Waals surface area contributed by atoms with E-state index >= 15 is 0 Å². The van der Waals surface area contributed by atoms with Gasteiger partial charge in [0.15, 0.2) is 0 Å². The molecule has 0 saturated carbocycles. The number of rotatable bonds is 3. The molecular formula is C13H11ClN2O2. The lowest BCUT2D eigenvalue weighted by Gasteiger charge is -2.01. The summed E-state index contributed by atoms with van der Waals surface area (Å²) < 4.78 is 4.92. The van der Waals surface area contributed by atoms with Crippen LogP contribution in [0.25, 0.3) is 10.9 Å². The minimum atomic E-state index is -0.737. The number of aromatic amines is 1. The van der Waals surface area contributed by atoms with Crippen LogP contribution in [-0.2, 0) is 4.74 Å². The number of benzene rings is 1. The van der Waals surface area contributed by atoms with Gasteiger partial charge >= 0.3 is 5.97 Å². The number of nitrogens with one attached hydrogen (secondary N) is 1. The molecule has 1 atom stereocenters. The normalized spacial score (nSPS) is 12.1. The number of carbonyl (C=O) groups is 1. The highest BCUT2D eigenvalue weighted by molar-refractivity contribution is 6.23. The van der Waals surface area contributed by atoms with E-state index in [1.807, 2.05) is 12.1 Å². The van der Waals surface area contributed by atoms with Crippen LogP contribution in [0.3, 0.4) is 0 Å². The van der Waals surface area contributed by atoms with Gasteiger partial charge in [-0.1, -0.05) is 12.1 Å². The van der Waals surface area contributed by atoms with Gasteiger partial charge in [-0.3, -0.25) is 0 Å². The number of ether oxygens (including phenoxy) is 1. The van der Waals surface area contributed by atoms with Crippen LogP contribution in [0.1, 0.15) is 28.4 Å². The number of esters is 1. The van der Waals surface area contributed by atoms with Crippen molar-refractivity contribution in [1.82, 2.24) is 4.98 Å². The summed E-state index contributed by atoms with van der Waals surface area (Å²) in [5.74, 6) is -0.414. The van der Waals surface area contributed by atoms with Crippen LogP contribution in [0.4, 0.5) is 0 Å². The fraction of sp³-hybridized carbons (Fsp3) is 0.231. The zero-order valence-corrected chi connectivity index (χ0v) is 10.5. The number of hydrogen-bond acceptors (Lipinski definition) is 3. The lowest BCUT2D eigenvalue weighted by atomic mass is 10.1. The second-order valence-corrected chi connectivity index (χ2v) is 4.14. The van der Waals surface area contributed by atoms with E-state index in [-0.39, 0.29) is 0 Å². The quantitative estimate of drug-likeness (QED) is 0.683. The van der Waals surface area contributed by atoms with E-state index < -0.39 is 11.3 Å². The van der Waals surface area contributed by atoms with Gasteiger partial charge in [0, 0.05) is 10.9 Å². The maximum absolute atomic E-state index is 11.6. The first-order valence-corrected chi connectivity index (χ1v) is 5.93. The molecule has 0 saturated heterocycles. The third-order valence-corrected chi connectivity index (χ3v) is 2.91. The van der Waals surface area contributed by atoms with Crippen LogP contribution in [0.5, 0.6) is 0 Å². The number of alkyl halides is 1. The molecule has 92 valence electrons. The summed E-state index contributed by atoms with van der Waals surface area (Å²) in [7, 11) is 0. The van der Waals surface area contributed by atoms with Crippen LogP contribution in [0.2, 0.25) is 0 Å². The maximum atomic E-state index is 11.6. The summed E-state index contributed by atoms with van der Waals surface area (Å²) in [6.07, 6.45) is 0. The summed E-state index contributed by atoms with van der Waals surface area (Å²) >= 11 is 5.93. The molecule has 0 fully saturated rings. The van der Waals surface area contributed by atoms with Crippen molar-refractivity contribution < 1.29 is 9.53 Å². The molecule has 0 spiro atoms. The Labute approximate surface area is 109 Å². The first-order chi connectivity index (χ1) is 8.67. The van der Waals surface area contributed by atoms with Crippen molar-refractivity contribution in [3.05, 3.63) is 35.5 Å². The van der Waals surface area contributed by atoms with E-state index in [2.05, 4.69) is 4.98 Å². The zero-order valence-electron chi connectivity index (χ0n) is 9.74. The Bertz CT molecular complexity index is 627. The second kappa shape index (κ2) is 5.11. The van der Waals surface area contributed by atoms with Crippen LogP contribution < -0.4 is 0 Å². The van der Waals surface area contributed by atoms with E-state index in [1.54, 1.807) is 25.1 Å². The Hall–Kier alpha value is -1.99. The molecule has 18 heavy (non-hydrogen) atoms. The summed E-state index contributed by atoms with van der Waals surface area (Å²) in [6.45, 7) is 2.06. The summed E-state index contributed by atoms with van der Waals surface area (Å²) in [5.41, 5.74) is 1.81. The van der Waals surface area contributed by atoms with Crippen molar-refractivity contribution in [2.75, 3.05) is 6.61 Å². The average Bonchev–Trinajstić information content (AvgIpc) is 2.81. The largest absolute Gasteiger partial charge is 0.461 e. The van der Waals surface area contributed by atoms with Gasteiger partial charge in [0.2, 0.25) is 0 Å². The van der Waals surface area contributed by atoms with Crippen LogP contribution in [-0.4, -0.2) is 17.6 Å². The van der Waals surface area contributed by atoms with Gasteiger partial charge in [-0.15, -0.1) is 11.6 Å². The number of nitriles is 1. The van der Waals surface area contributed by atoms with Gasteiger partial charge < -0.3 is 9.72 Å². The van der Waals surface area contributed by atoms with Crippen molar-refractivity contribution >= 4 is 28.5 Å². The van der Waals surface area contributed by atoms with E-state index in [0.717, 1.165) is 10.9 Å². The molecule has 0 aliphatic rings. The Kier molecular flexibility index (Phi) is 3.54. The van der Waals surface area contributed by atoms with Crippen molar-refractivity contribution in [2.24, 2.45) is 0 Å². The maximum Gasteiger partial charge on any atom is 0.354 e. The zero-order chi connectivity index (χ0) is 13.1. The number of nitrogens with zero attached hydrogens (tertiary/aromatic N) is 1. The highest BCUT2D eigenvalue weighted by atomic mass is 35.5. The Morgan fingerprint density at radius 1 is 1.61 bits per heavy atom.